The number of carbonyl (C=O) groups is 3. The smallest absolute Gasteiger partial charge is 0.335 e. The molecule has 1 atom stereocenters. The molecule has 0 radical (unpaired) electrons. The zero-order valence-electron chi connectivity index (χ0n) is 13.5. The molecule has 1 aliphatic heterocycles. The Morgan fingerprint density at radius 1 is 1.36 bits per heavy atom. The van der Waals surface area contributed by atoms with Crippen molar-refractivity contribution in [3.05, 3.63) is 23.8 Å². The summed E-state index contributed by atoms with van der Waals surface area (Å²) in [5.41, 5.74) is 0.650. The number of hydrogen-bond donors (Lipinski definition) is 4. The van der Waals surface area contributed by atoms with Gasteiger partial charge in [-0.25, -0.2) is 4.79 Å². The maximum Gasteiger partial charge on any atom is 0.335 e. The highest BCUT2D eigenvalue weighted by molar-refractivity contribution is 7.88. The summed E-state index contributed by atoms with van der Waals surface area (Å²) in [4.78, 5) is 33.9. The summed E-state index contributed by atoms with van der Waals surface area (Å²) < 4.78 is 4.08. The molecule has 25 heavy (non-hydrogen) atoms. The Bertz CT molecular complexity index is 775. The molecule has 1 aliphatic rings. The van der Waals surface area contributed by atoms with Gasteiger partial charge in [-0.2, -0.15) is 5.10 Å². The molecule has 10 heteroatoms. The average Bonchev–Trinajstić information content (AvgIpc) is 2.98. The molecular weight excluding hydrogens is 348 g/mol. The van der Waals surface area contributed by atoms with Crippen molar-refractivity contribution in [1.29, 1.82) is 0 Å². The van der Waals surface area contributed by atoms with E-state index in [-0.39, 0.29) is 35.2 Å². The predicted octanol–water partition coefficient (Wildman–Crippen LogP) is 1.07. The van der Waals surface area contributed by atoms with E-state index in [9.17, 15) is 19.5 Å². The highest BCUT2D eigenvalue weighted by atomic mass is 32.2. The quantitative estimate of drug-likeness (QED) is 0.339. The van der Waals surface area contributed by atoms with Gasteiger partial charge >= 0.3 is 5.97 Å². The Balaban J connectivity index is 1.89. The molecule has 1 fully saturated rings. The van der Waals surface area contributed by atoms with Gasteiger partial charge in [0.2, 0.25) is 11.8 Å². The van der Waals surface area contributed by atoms with E-state index in [2.05, 4.69) is 20.2 Å². The second kappa shape index (κ2) is 8.38. The van der Waals surface area contributed by atoms with Crippen LogP contribution in [0.4, 0.5) is 5.69 Å². The number of carboxylic acid groups (broad SMARTS) is 1. The van der Waals surface area contributed by atoms with Crippen LogP contribution in [0.2, 0.25) is 0 Å². The molecule has 1 saturated heterocycles. The largest absolute Gasteiger partial charge is 0.506 e. The van der Waals surface area contributed by atoms with E-state index >= 15 is 0 Å². The summed E-state index contributed by atoms with van der Waals surface area (Å²) in [6.07, 6.45) is 0.458. The van der Waals surface area contributed by atoms with Gasteiger partial charge in [0, 0.05) is 12.1 Å². The first-order valence-corrected chi connectivity index (χ1v) is 8.92. The summed E-state index contributed by atoms with van der Waals surface area (Å²) in [6.45, 7) is 1.73. The number of rotatable bonds is 6. The van der Waals surface area contributed by atoms with Crippen LogP contribution in [0.1, 0.15) is 30.1 Å². The molecule has 4 N–H and O–H groups in total. The summed E-state index contributed by atoms with van der Waals surface area (Å²) in [6, 6.07) is 3.65. The van der Waals surface area contributed by atoms with Crippen LogP contribution in [-0.4, -0.2) is 45.3 Å². The third-order valence-corrected chi connectivity index (χ3v) is 4.68. The van der Waals surface area contributed by atoms with Crippen molar-refractivity contribution in [2.24, 2.45) is 9.57 Å². The van der Waals surface area contributed by atoms with Crippen molar-refractivity contribution in [2.75, 3.05) is 16.9 Å². The van der Waals surface area contributed by atoms with Gasteiger partial charge in [-0.05, 0) is 42.2 Å². The fourth-order valence-corrected chi connectivity index (χ4v) is 3.13. The fourth-order valence-electron chi connectivity index (χ4n) is 1.93. The van der Waals surface area contributed by atoms with E-state index in [1.54, 1.807) is 6.92 Å². The second-order valence-electron chi connectivity index (χ2n) is 5.35. The zero-order chi connectivity index (χ0) is 18.4. The van der Waals surface area contributed by atoms with Gasteiger partial charge in [0.15, 0.2) is 0 Å². The molecule has 2 rings (SSSR count). The number of carbonyl (C=O) groups excluding carboxylic acids is 2. The number of carboxylic acids is 1. The van der Waals surface area contributed by atoms with Gasteiger partial charge in [-0.3, -0.25) is 9.59 Å². The molecule has 1 unspecified atom stereocenters. The molecule has 1 aromatic carbocycles. The SMILES string of the molecule is C/C(CCC(=O)Nc1cc(C(=O)O)ccc1O)=N\N=S1/CNC(=O)C1. The van der Waals surface area contributed by atoms with Crippen LogP contribution in [-0.2, 0) is 20.3 Å². The number of aromatic carboxylic acids is 1. The van der Waals surface area contributed by atoms with Crippen molar-refractivity contribution >= 4 is 39.9 Å². The minimum atomic E-state index is -1.15. The molecule has 1 heterocycles. The van der Waals surface area contributed by atoms with Gasteiger partial charge in [-0.1, -0.05) is 0 Å². The highest BCUT2D eigenvalue weighted by Crippen LogP contribution is 2.24. The van der Waals surface area contributed by atoms with E-state index in [0.717, 1.165) is 0 Å². The van der Waals surface area contributed by atoms with Gasteiger partial charge in [0.05, 0.1) is 22.9 Å². The zero-order valence-corrected chi connectivity index (χ0v) is 14.3. The lowest BCUT2D eigenvalue weighted by atomic mass is 10.1. The van der Waals surface area contributed by atoms with E-state index in [1.165, 1.54) is 18.2 Å². The third kappa shape index (κ3) is 5.68. The van der Waals surface area contributed by atoms with Gasteiger partial charge in [0.25, 0.3) is 0 Å². The number of anilines is 1. The maximum atomic E-state index is 11.9. The summed E-state index contributed by atoms with van der Waals surface area (Å²) in [7, 11) is -0.446. The molecule has 0 spiro atoms. The Kier molecular flexibility index (Phi) is 6.23. The van der Waals surface area contributed by atoms with Crippen LogP contribution < -0.4 is 10.6 Å². The number of aromatic hydroxyl groups is 1. The number of phenolic OH excluding ortho intramolecular Hbond substituents is 1. The lowest BCUT2D eigenvalue weighted by molar-refractivity contribution is -0.118. The van der Waals surface area contributed by atoms with Crippen LogP contribution in [0.3, 0.4) is 0 Å². The molecule has 0 aromatic heterocycles. The minimum Gasteiger partial charge on any atom is -0.506 e. The van der Waals surface area contributed by atoms with Gasteiger partial charge in [0.1, 0.15) is 5.75 Å². The lowest BCUT2D eigenvalue weighted by Gasteiger charge is -2.08. The molecule has 9 nitrogen and oxygen atoms in total. The van der Waals surface area contributed by atoms with Crippen molar-refractivity contribution in [2.45, 2.75) is 19.8 Å². The van der Waals surface area contributed by atoms with Crippen LogP contribution in [0.25, 0.3) is 0 Å². The number of phenols is 1. The first-order chi connectivity index (χ1) is 11.8. The van der Waals surface area contributed by atoms with Crippen molar-refractivity contribution in [3.8, 4) is 5.75 Å². The van der Waals surface area contributed by atoms with Crippen LogP contribution in [0.15, 0.2) is 27.8 Å². The number of amides is 2. The van der Waals surface area contributed by atoms with E-state index in [1.807, 2.05) is 0 Å². The molecule has 1 aromatic rings. The van der Waals surface area contributed by atoms with Gasteiger partial charge < -0.3 is 20.8 Å². The number of hydrogen-bond acceptors (Lipinski definition) is 5. The highest BCUT2D eigenvalue weighted by Gasteiger charge is 2.14. The summed E-state index contributed by atoms with van der Waals surface area (Å²) >= 11 is 0. The van der Waals surface area contributed by atoms with E-state index in [0.29, 0.717) is 23.8 Å². The van der Waals surface area contributed by atoms with E-state index < -0.39 is 16.7 Å². The second-order valence-corrected chi connectivity index (χ2v) is 7.02. The number of benzene rings is 1. The van der Waals surface area contributed by atoms with Crippen molar-refractivity contribution < 1.29 is 24.6 Å². The Hall–Kier alpha value is -2.75. The Morgan fingerprint density at radius 2 is 2.12 bits per heavy atom. The minimum absolute atomic E-state index is 0.0367. The van der Waals surface area contributed by atoms with Gasteiger partial charge in [-0.15, -0.1) is 4.47 Å². The first-order valence-electron chi connectivity index (χ1n) is 7.40. The Labute approximate surface area is 146 Å². The average molecular weight is 366 g/mol. The standard InChI is InChI=1S/C15H18N4O5S/c1-9(18-19-25-7-14(22)16-8-25)2-5-13(21)17-11-6-10(15(23)24)3-4-12(11)20/h3-4,6,20H,2,5,7-8H2,1H3,(H,16,22)(H,17,21)(H,23,24)/b18-9+. The van der Waals surface area contributed by atoms with Crippen molar-refractivity contribution in [1.82, 2.24) is 5.32 Å². The molecule has 134 valence electrons. The number of nitrogens with zero attached hydrogens (tertiary/aromatic N) is 2. The van der Waals surface area contributed by atoms with E-state index in [4.69, 9.17) is 5.11 Å². The molecule has 0 saturated carbocycles. The summed E-state index contributed by atoms with van der Waals surface area (Å²) in [5, 5.41) is 27.8. The predicted molar refractivity (Wildman–Crippen MR) is 93.7 cm³/mol. The first kappa shape index (κ1) is 18.6. The monoisotopic (exact) mass is 366 g/mol. The molecule has 0 bridgehead atoms. The third-order valence-electron chi connectivity index (χ3n) is 3.29. The summed E-state index contributed by atoms with van der Waals surface area (Å²) in [5.74, 6) is -0.944. The maximum absolute atomic E-state index is 11.9. The Morgan fingerprint density at radius 3 is 2.76 bits per heavy atom. The van der Waals surface area contributed by atoms with Crippen LogP contribution in [0.5, 0.6) is 5.75 Å². The normalized spacial score (nSPS) is 17.4. The van der Waals surface area contributed by atoms with Crippen molar-refractivity contribution in [3.63, 3.8) is 0 Å². The van der Waals surface area contributed by atoms with Crippen LogP contribution >= 0.6 is 0 Å². The fraction of sp³-hybridized carbons (Fsp3) is 0.333. The topological polar surface area (TPSA) is 140 Å². The molecular formula is C15H18N4O5S. The molecule has 2 amide bonds. The van der Waals surface area contributed by atoms with Crippen LogP contribution in [0, 0.1) is 0 Å². The number of nitrogens with one attached hydrogen (secondary N) is 2. The molecule has 0 aliphatic carbocycles. The lowest BCUT2D eigenvalue weighted by Crippen LogP contribution is -2.14.